The van der Waals surface area contributed by atoms with Crippen LogP contribution in [0.3, 0.4) is 0 Å². The standard InChI is InChI=1S/C28H31F2N5O3S/c1-6-19(33-27(37)21-13-32-35(16(21)4)23-10-8-18(29)11-22(23)30)9-7-14(2)38-28-20(26(31)36)12-24-25(34-28)15(3)17(5)39-24/h8,10-14,19H,6-7,9H2,1-5H3,(H2,31,36)(H,33,37)/t14-,19-/m0/s1. The van der Waals surface area contributed by atoms with Crippen LogP contribution < -0.4 is 15.8 Å². The van der Waals surface area contributed by atoms with Crippen LogP contribution in [0.4, 0.5) is 8.78 Å². The van der Waals surface area contributed by atoms with Crippen molar-refractivity contribution < 1.29 is 23.1 Å². The Kier molecular flexibility index (Phi) is 8.29. The number of primary amides is 1. The minimum Gasteiger partial charge on any atom is -0.474 e. The number of amides is 2. The molecule has 206 valence electrons. The van der Waals surface area contributed by atoms with Crippen LogP contribution >= 0.6 is 11.3 Å². The normalized spacial score (nSPS) is 12.9. The zero-order valence-corrected chi connectivity index (χ0v) is 23.3. The minimum atomic E-state index is -0.772. The quantitative estimate of drug-likeness (QED) is 0.267. The van der Waals surface area contributed by atoms with Gasteiger partial charge in [-0.3, -0.25) is 9.59 Å². The Morgan fingerprint density at radius 1 is 1.15 bits per heavy atom. The van der Waals surface area contributed by atoms with Crippen molar-refractivity contribution in [3.63, 3.8) is 0 Å². The van der Waals surface area contributed by atoms with E-state index in [2.05, 4.69) is 15.4 Å². The lowest BCUT2D eigenvalue weighted by molar-refractivity contribution is 0.0924. The summed E-state index contributed by atoms with van der Waals surface area (Å²) in [5.74, 6) is -2.21. The van der Waals surface area contributed by atoms with Gasteiger partial charge in [0.1, 0.15) is 17.1 Å². The second-order valence-electron chi connectivity index (χ2n) is 9.57. The molecule has 0 saturated heterocycles. The van der Waals surface area contributed by atoms with E-state index in [-0.39, 0.29) is 35.2 Å². The van der Waals surface area contributed by atoms with Crippen molar-refractivity contribution in [2.24, 2.45) is 5.73 Å². The van der Waals surface area contributed by atoms with E-state index < -0.39 is 17.5 Å². The molecule has 3 heterocycles. The molecule has 2 atom stereocenters. The van der Waals surface area contributed by atoms with Gasteiger partial charge in [0.2, 0.25) is 5.88 Å². The van der Waals surface area contributed by atoms with Gasteiger partial charge in [0.05, 0.1) is 33.8 Å². The smallest absolute Gasteiger partial charge is 0.254 e. The lowest BCUT2D eigenvalue weighted by Crippen LogP contribution is -2.35. The number of carbonyl (C=O) groups is 2. The van der Waals surface area contributed by atoms with Crippen molar-refractivity contribution in [1.82, 2.24) is 20.1 Å². The minimum absolute atomic E-state index is 0.0564. The first-order valence-corrected chi connectivity index (χ1v) is 13.5. The molecule has 1 aromatic carbocycles. The number of hydrogen-bond donors (Lipinski definition) is 2. The molecule has 2 amide bonds. The molecular weight excluding hydrogens is 524 g/mol. The summed E-state index contributed by atoms with van der Waals surface area (Å²) in [5, 5.41) is 7.14. The molecule has 8 nitrogen and oxygen atoms in total. The van der Waals surface area contributed by atoms with Crippen LogP contribution in [-0.4, -0.2) is 38.7 Å². The lowest BCUT2D eigenvalue weighted by atomic mass is 10.1. The van der Waals surface area contributed by atoms with Gasteiger partial charge in [-0.25, -0.2) is 18.4 Å². The predicted octanol–water partition coefficient (Wildman–Crippen LogP) is 5.54. The summed E-state index contributed by atoms with van der Waals surface area (Å²) in [5.41, 5.74) is 8.46. The van der Waals surface area contributed by atoms with E-state index >= 15 is 0 Å². The van der Waals surface area contributed by atoms with Gasteiger partial charge in [0, 0.05) is 17.0 Å². The first kappa shape index (κ1) is 28.2. The maximum atomic E-state index is 14.2. The van der Waals surface area contributed by atoms with Crippen LogP contribution in [0, 0.1) is 32.4 Å². The Labute approximate surface area is 229 Å². The summed E-state index contributed by atoms with van der Waals surface area (Å²) >= 11 is 1.56. The molecule has 11 heteroatoms. The second-order valence-corrected chi connectivity index (χ2v) is 10.8. The average Bonchev–Trinajstić information content (AvgIpc) is 3.39. The molecule has 0 fully saturated rings. The van der Waals surface area contributed by atoms with Gasteiger partial charge in [-0.1, -0.05) is 6.92 Å². The molecule has 4 aromatic rings. The van der Waals surface area contributed by atoms with Crippen molar-refractivity contribution in [3.8, 4) is 11.6 Å². The third-order valence-electron chi connectivity index (χ3n) is 6.82. The van der Waals surface area contributed by atoms with E-state index in [1.54, 1.807) is 24.3 Å². The van der Waals surface area contributed by atoms with Gasteiger partial charge in [-0.05, 0) is 70.7 Å². The van der Waals surface area contributed by atoms with E-state index in [9.17, 15) is 18.4 Å². The molecule has 39 heavy (non-hydrogen) atoms. The summed E-state index contributed by atoms with van der Waals surface area (Å²) in [6.45, 7) is 9.47. The molecule has 0 aliphatic rings. The topological polar surface area (TPSA) is 112 Å². The highest BCUT2D eigenvalue weighted by molar-refractivity contribution is 7.19. The summed E-state index contributed by atoms with van der Waals surface area (Å²) in [6.07, 6.45) is 2.92. The largest absolute Gasteiger partial charge is 0.474 e. The van der Waals surface area contributed by atoms with E-state index in [4.69, 9.17) is 10.5 Å². The molecule has 3 aromatic heterocycles. The Bertz CT molecular complexity index is 1550. The number of ether oxygens (including phenoxy) is 1. The molecule has 0 spiro atoms. The number of nitrogens with one attached hydrogen (secondary N) is 1. The fourth-order valence-electron chi connectivity index (χ4n) is 4.35. The number of nitrogens with zero attached hydrogens (tertiary/aromatic N) is 3. The highest BCUT2D eigenvalue weighted by Gasteiger charge is 2.22. The van der Waals surface area contributed by atoms with Crippen molar-refractivity contribution in [3.05, 3.63) is 69.4 Å². The van der Waals surface area contributed by atoms with Crippen LogP contribution in [0.25, 0.3) is 15.9 Å². The Balaban J connectivity index is 1.42. The number of thiophene rings is 1. The Morgan fingerprint density at radius 3 is 2.56 bits per heavy atom. The molecule has 0 bridgehead atoms. The second kappa shape index (κ2) is 11.5. The van der Waals surface area contributed by atoms with Gasteiger partial charge in [-0.15, -0.1) is 11.3 Å². The summed E-state index contributed by atoms with van der Waals surface area (Å²) < 4.78 is 35.8. The summed E-state index contributed by atoms with van der Waals surface area (Å²) in [7, 11) is 0. The van der Waals surface area contributed by atoms with Gasteiger partial charge < -0.3 is 15.8 Å². The molecule has 0 aliphatic heterocycles. The SMILES string of the molecule is CC[C@@H](CC[C@H](C)Oc1nc2c(C)c(C)sc2cc1C(N)=O)NC(=O)c1cnn(-c2ccc(F)cc2F)c1C. The van der Waals surface area contributed by atoms with E-state index in [0.717, 1.165) is 32.8 Å². The van der Waals surface area contributed by atoms with Crippen LogP contribution in [0.5, 0.6) is 5.88 Å². The molecular formula is C28H31F2N5O3S. The first-order valence-electron chi connectivity index (χ1n) is 12.7. The third-order valence-corrected chi connectivity index (χ3v) is 7.96. The molecule has 0 saturated carbocycles. The number of rotatable bonds is 10. The zero-order chi connectivity index (χ0) is 28.4. The van der Waals surface area contributed by atoms with Gasteiger partial charge in [0.25, 0.3) is 11.8 Å². The average molecular weight is 556 g/mol. The number of fused-ring (bicyclic) bond motifs is 1. The molecule has 3 N–H and O–H groups in total. The maximum Gasteiger partial charge on any atom is 0.254 e. The molecule has 0 aliphatic carbocycles. The fraction of sp³-hybridized carbons (Fsp3) is 0.357. The summed E-state index contributed by atoms with van der Waals surface area (Å²) in [6, 6.07) is 4.75. The Morgan fingerprint density at radius 2 is 1.90 bits per heavy atom. The fourth-order valence-corrected chi connectivity index (χ4v) is 5.41. The maximum absolute atomic E-state index is 14.2. The highest BCUT2D eigenvalue weighted by atomic mass is 32.1. The number of aromatic nitrogens is 3. The third kappa shape index (κ3) is 5.93. The predicted molar refractivity (Wildman–Crippen MR) is 147 cm³/mol. The zero-order valence-electron chi connectivity index (χ0n) is 22.5. The van der Waals surface area contributed by atoms with Crippen LogP contribution in [-0.2, 0) is 0 Å². The molecule has 0 unspecified atom stereocenters. The summed E-state index contributed by atoms with van der Waals surface area (Å²) in [4.78, 5) is 30.8. The number of nitrogens with two attached hydrogens (primary N) is 1. The number of hydrogen-bond acceptors (Lipinski definition) is 6. The number of pyridine rings is 1. The van der Waals surface area contributed by atoms with Crippen LogP contribution in [0.1, 0.15) is 70.0 Å². The van der Waals surface area contributed by atoms with Gasteiger partial charge in [0.15, 0.2) is 5.82 Å². The van der Waals surface area contributed by atoms with Crippen LogP contribution in [0.2, 0.25) is 0 Å². The van der Waals surface area contributed by atoms with Crippen molar-refractivity contribution >= 4 is 33.4 Å². The number of benzene rings is 1. The molecule has 4 rings (SSSR count). The number of carbonyl (C=O) groups excluding carboxylic acids is 2. The lowest BCUT2D eigenvalue weighted by Gasteiger charge is -2.20. The monoisotopic (exact) mass is 555 g/mol. The highest BCUT2D eigenvalue weighted by Crippen LogP contribution is 2.33. The van der Waals surface area contributed by atoms with Gasteiger partial charge >= 0.3 is 0 Å². The van der Waals surface area contributed by atoms with E-state index in [1.807, 2.05) is 27.7 Å². The van der Waals surface area contributed by atoms with Crippen molar-refractivity contribution in [2.75, 3.05) is 0 Å². The van der Waals surface area contributed by atoms with E-state index in [1.165, 1.54) is 16.9 Å². The van der Waals surface area contributed by atoms with Crippen molar-refractivity contribution in [2.45, 2.75) is 66.0 Å². The first-order chi connectivity index (χ1) is 18.5. The molecule has 0 radical (unpaired) electrons. The number of halogens is 2. The van der Waals surface area contributed by atoms with Crippen molar-refractivity contribution in [1.29, 1.82) is 0 Å². The van der Waals surface area contributed by atoms with E-state index in [0.29, 0.717) is 30.5 Å². The van der Waals surface area contributed by atoms with Crippen LogP contribution in [0.15, 0.2) is 30.5 Å². The Hall–Kier alpha value is -3.86. The number of aryl methyl sites for hydroxylation is 2. The van der Waals surface area contributed by atoms with Gasteiger partial charge in [-0.2, -0.15) is 5.10 Å².